The second-order valence-electron chi connectivity index (χ2n) is 9.80. The van der Waals surface area contributed by atoms with Gasteiger partial charge >= 0.3 is 0 Å². The van der Waals surface area contributed by atoms with Crippen LogP contribution >= 0.6 is 0 Å². The number of aryl methyl sites for hydroxylation is 1. The van der Waals surface area contributed by atoms with Gasteiger partial charge in [-0.25, -0.2) is 0 Å². The molecule has 3 amide bonds. The first kappa shape index (κ1) is 25.5. The molecule has 3 rings (SSSR count). The number of benzene rings is 1. The van der Waals surface area contributed by atoms with Crippen LogP contribution < -0.4 is 5.32 Å². The molecule has 0 fully saturated rings. The van der Waals surface area contributed by atoms with Crippen molar-refractivity contribution in [2.75, 3.05) is 26.2 Å². The van der Waals surface area contributed by atoms with Gasteiger partial charge in [0.25, 0.3) is 11.8 Å². The van der Waals surface area contributed by atoms with Crippen LogP contribution in [0.5, 0.6) is 0 Å². The maximum atomic E-state index is 13.3. The molecule has 0 bridgehead atoms. The van der Waals surface area contributed by atoms with E-state index < -0.39 is 0 Å². The fraction of sp³-hybridized carbons (Fsp3) is 0.538. The number of nitrogens with zero attached hydrogens (tertiary/aromatic N) is 4. The molecule has 34 heavy (non-hydrogen) atoms. The Morgan fingerprint density at radius 3 is 2.50 bits per heavy atom. The lowest BCUT2D eigenvalue weighted by Crippen LogP contribution is -2.38. The smallest absolute Gasteiger partial charge is 0.274 e. The average Bonchev–Trinajstić information content (AvgIpc) is 3.17. The van der Waals surface area contributed by atoms with Gasteiger partial charge < -0.3 is 15.1 Å². The van der Waals surface area contributed by atoms with Crippen molar-refractivity contribution in [1.82, 2.24) is 24.9 Å². The highest BCUT2D eigenvalue weighted by atomic mass is 16.2. The van der Waals surface area contributed by atoms with Gasteiger partial charge in [-0.2, -0.15) is 5.10 Å². The predicted octanol–water partition coefficient (Wildman–Crippen LogP) is 3.19. The Hall–Kier alpha value is -3.16. The minimum atomic E-state index is -0.242. The van der Waals surface area contributed by atoms with Crippen LogP contribution in [0, 0.1) is 11.8 Å². The number of amides is 3. The highest BCUT2D eigenvalue weighted by molar-refractivity contribution is 5.98. The molecule has 0 saturated heterocycles. The third-order valence-corrected chi connectivity index (χ3v) is 5.71. The number of carbonyl (C=O) groups is 3. The maximum Gasteiger partial charge on any atom is 0.274 e. The van der Waals surface area contributed by atoms with Crippen molar-refractivity contribution in [3.05, 3.63) is 53.3 Å². The lowest BCUT2D eigenvalue weighted by atomic mass is 10.1. The zero-order valence-corrected chi connectivity index (χ0v) is 20.8. The van der Waals surface area contributed by atoms with E-state index in [0.717, 1.165) is 12.0 Å². The lowest BCUT2D eigenvalue weighted by molar-refractivity contribution is -0.121. The topological polar surface area (TPSA) is 87.5 Å². The number of carbonyl (C=O) groups excluding carboxylic acids is 3. The number of nitrogens with one attached hydrogen (secondary N) is 1. The van der Waals surface area contributed by atoms with Crippen LogP contribution in [0.15, 0.2) is 36.4 Å². The summed E-state index contributed by atoms with van der Waals surface area (Å²) in [7, 11) is 0. The van der Waals surface area contributed by atoms with Crippen LogP contribution in [0.25, 0.3) is 0 Å². The number of hydrogen-bond acceptors (Lipinski definition) is 4. The standard InChI is InChI=1S/C26H37N5O3/c1-19(2)16-27-24(32)11-14-30(17-20(3)4)25(33)22-15-23-26(34)29(12-8-13-31(23)28-22)18-21-9-6-5-7-10-21/h5-7,9-10,15,19-20H,8,11-14,16-18H2,1-4H3,(H,27,32). The molecule has 0 unspecified atom stereocenters. The van der Waals surface area contributed by atoms with Crippen LogP contribution in [-0.4, -0.2) is 63.5 Å². The first-order valence-corrected chi connectivity index (χ1v) is 12.2. The summed E-state index contributed by atoms with van der Waals surface area (Å²) in [4.78, 5) is 42.3. The van der Waals surface area contributed by atoms with E-state index >= 15 is 0 Å². The fourth-order valence-corrected chi connectivity index (χ4v) is 4.01. The maximum absolute atomic E-state index is 13.3. The molecular formula is C26H37N5O3. The minimum absolute atomic E-state index is 0.0670. The Morgan fingerprint density at radius 1 is 1.09 bits per heavy atom. The van der Waals surface area contributed by atoms with E-state index in [-0.39, 0.29) is 35.8 Å². The van der Waals surface area contributed by atoms with Crippen molar-refractivity contribution in [2.24, 2.45) is 11.8 Å². The molecule has 0 spiro atoms. The van der Waals surface area contributed by atoms with E-state index in [2.05, 4.69) is 10.4 Å². The van der Waals surface area contributed by atoms with Crippen molar-refractivity contribution < 1.29 is 14.4 Å². The van der Waals surface area contributed by atoms with E-state index in [0.29, 0.717) is 50.9 Å². The summed E-state index contributed by atoms with van der Waals surface area (Å²) in [5, 5.41) is 7.39. The highest BCUT2D eigenvalue weighted by Gasteiger charge is 2.28. The van der Waals surface area contributed by atoms with Crippen molar-refractivity contribution >= 4 is 17.7 Å². The van der Waals surface area contributed by atoms with Gasteiger partial charge in [0.1, 0.15) is 5.69 Å². The number of rotatable bonds is 10. The van der Waals surface area contributed by atoms with Gasteiger partial charge in [0.15, 0.2) is 5.69 Å². The quantitative estimate of drug-likeness (QED) is 0.581. The molecule has 184 valence electrons. The summed E-state index contributed by atoms with van der Waals surface area (Å²) in [6.07, 6.45) is 1.01. The van der Waals surface area contributed by atoms with Crippen LogP contribution in [-0.2, 0) is 17.9 Å². The molecule has 0 saturated carbocycles. The molecule has 1 aromatic heterocycles. The monoisotopic (exact) mass is 467 g/mol. The van der Waals surface area contributed by atoms with Gasteiger partial charge in [-0.1, -0.05) is 58.0 Å². The van der Waals surface area contributed by atoms with Crippen molar-refractivity contribution in [3.63, 3.8) is 0 Å². The molecule has 1 aromatic carbocycles. The third-order valence-electron chi connectivity index (χ3n) is 5.71. The van der Waals surface area contributed by atoms with Crippen LogP contribution in [0.1, 0.15) is 67.1 Å². The first-order chi connectivity index (χ1) is 16.2. The van der Waals surface area contributed by atoms with Gasteiger partial charge in [-0.05, 0) is 23.8 Å². The summed E-state index contributed by atoms with van der Waals surface area (Å²) in [5.41, 5.74) is 1.77. The molecule has 1 aliphatic rings. The molecule has 1 N–H and O–H groups in total. The van der Waals surface area contributed by atoms with Gasteiger partial charge in [0, 0.05) is 51.8 Å². The van der Waals surface area contributed by atoms with Crippen molar-refractivity contribution in [2.45, 2.75) is 53.6 Å². The normalized spacial score (nSPS) is 13.7. The van der Waals surface area contributed by atoms with Crippen molar-refractivity contribution in [3.8, 4) is 0 Å². The molecule has 0 atom stereocenters. The number of aromatic nitrogens is 2. The molecule has 8 nitrogen and oxygen atoms in total. The second-order valence-corrected chi connectivity index (χ2v) is 9.80. The van der Waals surface area contributed by atoms with E-state index in [1.807, 2.05) is 62.9 Å². The largest absolute Gasteiger partial charge is 0.356 e. The zero-order valence-electron chi connectivity index (χ0n) is 20.8. The molecular weight excluding hydrogens is 430 g/mol. The first-order valence-electron chi connectivity index (χ1n) is 12.2. The van der Waals surface area contributed by atoms with Crippen LogP contribution in [0.4, 0.5) is 0 Å². The van der Waals surface area contributed by atoms with E-state index in [4.69, 9.17) is 0 Å². The summed E-state index contributed by atoms with van der Waals surface area (Å²) in [6.45, 7) is 11.4. The second kappa shape index (κ2) is 11.8. The molecule has 0 radical (unpaired) electrons. The van der Waals surface area contributed by atoms with E-state index in [9.17, 15) is 14.4 Å². The minimum Gasteiger partial charge on any atom is -0.356 e. The summed E-state index contributed by atoms with van der Waals surface area (Å²) >= 11 is 0. The third kappa shape index (κ3) is 6.92. The lowest BCUT2D eigenvalue weighted by Gasteiger charge is -2.23. The molecule has 2 aromatic rings. The Labute approximate surface area is 202 Å². The summed E-state index contributed by atoms with van der Waals surface area (Å²) in [5.74, 6) is 0.190. The molecule has 8 heteroatoms. The summed E-state index contributed by atoms with van der Waals surface area (Å²) < 4.78 is 1.66. The van der Waals surface area contributed by atoms with Crippen LogP contribution in [0.2, 0.25) is 0 Å². The van der Waals surface area contributed by atoms with E-state index in [1.165, 1.54) is 0 Å². The zero-order chi connectivity index (χ0) is 24.7. The Bertz CT molecular complexity index is 984. The molecule has 1 aliphatic heterocycles. The average molecular weight is 468 g/mol. The number of fused-ring (bicyclic) bond motifs is 1. The van der Waals surface area contributed by atoms with Crippen LogP contribution in [0.3, 0.4) is 0 Å². The SMILES string of the molecule is CC(C)CNC(=O)CCN(CC(C)C)C(=O)c1cc2n(n1)CCCN(Cc1ccccc1)C2=O. The van der Waals surface area contributed by atoms with E-state index in [1.54, 1.807) is 15.6 Å². The Morgan fingerprint density at radius 2 is 1.82 bits per heavy atom. The summed E-state index contributed by atoms with van der Waals surface area (Å²) in [6, 6.07) is 11.5. The molecule has 0 aliphatic carbocycles. The van der Waals surface area contributed by atoms with Gasteiger partial charge in [-0.15, -0.1) is 0 Å². The predicted molar refractivity (Wildman–Crippen MR) is 131 cm³/mol. The van der Waals surface area contributed by atoms with Gasteiger partial charge in [0.05, 0.1) is 0 Å². The van der Waals surface area contributed by atoms with Gasteiger partial charge in [0.2, 0.25) is 5.91 Å². The van der Waals surface area contributed by atoms with Crippen molar-refractivity contribution in [1.29, 1.82) is 0 Å². The Kier molecular flexibility index (Phi) is 8.85. The fourth-order valence-electron chi connectivity index (χ4n) is 4.01. The molecule has 2 heterocycles. The Balaban J connectivity index is 1.72. The highest BCUT2D eigenvalue weighted by Crippen LogP contribution is 2.18. The number of hydrogen-bond donors (Lipinski definition) is 1. The van der Waals surface area contributed by atoms with Gasteiger partial charge in [-0.3, -0.25) is 19.1 Å².